The highest BCUT2D eigenvalue weighted by molar-refractivity contribution is 9.10. The number of nitrogen functional groups attached to an aromatic ring is 1. The van der Waals surface area contributed by atoms with Crippen molar-refractivity contribution in [1.29, 1.82) is 0 Å². The lowest BCUT2D eigenvalue weighted by atomic mass is 10.2. The third-order valence-electron chi connectivity index (χ3n) is 2.68. The van der Waals surface area contributed by atoms with E-state index in [9.17, 15) is 12.8 Å². The molecular formula is C13H12BrFN2O3S. The van der Waals surface area contributed by atoms with Crippen LogP contribution in [0.25, 0.3) is 0 Å². The standard InChI is InChI=1S/C13H12BrFN2O3S/c1-20-13-5-2-8(6-12(13)16)17-21(18,19)9-3-4-10(14)11(15)7-9/h2-7,17H,16H2,1H3. The van der Waals surface area contributed by atoms with Gasteiger partial charge in [0.15, 0.2) is 0 Å². The summed E-state index contributed by atoms with van der Waals surface area (Å²) in [6.45, 7) is 0. The van der Waals surface area contributed by atoms with Crippen LogP contribution < -0.4 is 15.2 Å². The van der Waals surface area contributed by atoms with Crippen molar-refractivity contribution >= 4 is 37.3 Å². The van der Waals surface area contributed by atoms with Gasteiger partial charge in [-0.3, -0.25) is 4.72 Å². The van der Waals surface area contributed by atoms with E-state index < -0.39 is 15.8 Å². The molecule has 0 aliphatic rings. The van der Waals surface area contributed by atoms with E-state index in [2.05, 4.69) is 20.7 Å². The van der Waals surface area contributed by atoms with E-state index in [-0.39, 0.29) is 15.1 Å². The van der Waals surface area contributed by atoms with E-state index >= 15 is 0 Å². The van der Waals surface area contributed by atoms with Crippen molar-refractivity contribution in [2.75, 3.05) is 17.6 Å². The van der Waals surface area contributed by atoms with Gasteiger partial charge in [-0.15, -0.1) is 0 Å². The van der Waals surface area contributed by atoms with Gasteiger partial charge in [0, 0.05) is 0 Å². The van der Waals surface area contributed by atoms with Gasteiger partial charge in [-0.25, -0.2) is 12.8 Å². The van der Waals surface area contributed by atoms with E-state index in [4.69, 9.17) is 10.5 Å². The van der Waals surface area contributed by atoms with Gasteiger partial charge < -0.3 is 10.5 Å². The first kappa shape index (κ1) is 15.6. The highest BCUT2D eigenvalue weighted by atomic mass is 79.9. The number of ether oxygens (including phenoxy) is 1. The molecule has 0 spiro atoms. The number of hydrogen-bond donors (Lipinski definition) is 2. The first-order chi connectivity index (χ1) is 9.83. The Balaban J connectivity index is 2.32. The maximum absolute atomic E-state index is 13.4. The second kappa shape index (κ2) is 5.90. The molecule has 0 unspecified atom stereocenters. The number of benzene rings is 2. The molecule has 5 nitrogen and oxygen atoms in total. The largest absolute Gasteiger partial charge is 0.495 e. The van der Waals surface area contributed by atoms with Gasteiger partial charge in [0.1, 0.15) is 11.6 Å². The minimum Gasteiger partial charge on any atom is -0.495 e. The van der Waals surface area contributed by atoms with Crippen LogP contribution in [0.3, 0.4) is 0 Å². The summed E-state index contributed by atoms with van der Waals surface area (Å²) < 4.78 is 45.3. The number of sulfonamides is 1. The first-order valence-electron chi connectivity index (χ1n) is 5.75. The van der Waals surface area contributed by atoms with Crippen molar-refractivity contribution in [3.05, 3.63) is 46.7 Å². The lowest BCUT2D eigenvalue weighted by Gasteiger charge is -2.11. The molecule has 0 atom stereocenters. The number of rotatable bonds is 4. The van der Waals surface area contributed by atoms with Gasteiger partial charge >= 0.3 is 0 Å². The first-order valence-corrected chi connectivity index (χ1v) is 8.02. The van der Waals surface area contributed by atoms with Gasteiger partial charge in [0.2, 0.25) is 0 Å². The molecule has 0 saturated carbocycles. The normalized spacial score (nSPS) is 11.2. The van der Waals surface area contributed by atoms with Crippen LogP contribution in [0.4, 0.5) is 15.8 Å². The molecule has 0 heterocycles. The van der Waals surface area contributed by atoms with Crippen molar-refractivity contribution in [2.24, 2.45) is 0 Å². The third-order valence-corrected chi connectivity index (χ3v) is 4.71. The lowest BCUT2D eigenvalue weighted by molar-refractivity contribution is 0.417. The molecular weight excluding hydrogens is 363 g/mol. The number of anilines is 2. The molecule has 21 heavy (non-hydrogen) atoms. The number of nitrogens with one attached hydrogen (secondary N) is 1. The summed E-state index contributed by atoms with van der Waals surface area (Å²) in [5.74, 6) is -0.222. The Kier molecular flexibility index (Phi) is 4.38. The fourth-order valence-corrected chi connectivity index (χ4v) is 2.96. The number of methoxy groups -OCH3 is 1. The van der Waals surface area contributed by atoms with Crippen molar-refractivity contribution in [2.45, 2.75) is 4.90 Å². The topological polar surface area (TPSA) is 81.4 Å². The van der Waals surface area contributed by atoms with Crippen LogP contribution in [0.15, 0.2) is 45.8 Å². The number of hydrogen-bond acceptors (Lipinski definition) is 4. The van der Waals surface area contributed by atoms with Crippen LogP contribution in [-0.2, 0) is 10.0 Å². The molecule has 3 N–H and O–H groups in total. The average molecular weight is 375 g/mol. The Labute approximate surface area is 130 Å². The van der Waals surface area contributed by atoms with Crippen molar-refractivity contribution in [3.8, 4) is 5.75 Å². The Morgan fingerprint density at radius 1 is 1.24 bits per heavy atom. The molecule has 0 amide bonds. The fourth-order valence-electron chi connectivity index (χ4n) is 1.66. The van der Waals surface area contributed by atoms with Crippen LogP contribution in [0.2, 0.25) is 0 Å². The molecule has 2 rings (SSSR count). The molecule has 0 radical (unpaired) electrons. The summed E-state index contributed by atoms with van der Waals surface area (Å²) >= 11 is 2.97. The van der Waals surface area contributed by atoms with Gasteiger partial charge in [0.05, 0.1) is 27.9 Å². The molecule has 112 valence electrons. The number of halogens is 2. The monoisotopic (exact) mass is 374 g/mol. The van der Waals surface area contributed by atoms with Gasteiger partial charge in [-0.2, -0.15) is 0 Å². The van der Waals surface area contributed by atoms with E-state index in [1.807, 2.05) is 0 Å². The maximum atomic E-state index is 13.4. The molecule has 0 aliphatic heterocycles. The Morgan fingerprint density at radius 2 is 1.95 bits per heavy atom. The summed E-state index contributed by atoms with van der Waals surface area (Å²) in [5.41, 5.74) is 6.26. The third kappa shape index (κ3) is 3.45. The van der Waals surface area contributed by atoms with Gasteiger partial charge in [0.25, 0.3) is 10.0 Å². The second-order valence-electron chi connectivity index (χ2n) is 4.14. The van der Waals surface area contributed by atoms with Crippen LogP contribution in [0.1, 0.15) is 0 Å². The van der Waals surface area contributed by atoms with Crippen molar-refractivity contribution < 1.29 is 17.5 Å². The smallest absolute Gasteiger partial charge is 0.261 e. The van der Waals surface area contributed by atoms with Crippen LogP contribution in [0.5, 0.6) is 5.75 Å². The highest BCUT2D eigenvalue weighted by Crippen LogP contribution is 2.27. The van der Waals surface area contributed by atoms with E-state index in [1.165, 1.54) is 37.4 Å². The van der Waals surface area contributed by atoms with Crippen LogP contribution in [-0.4, -0.2) is 15.5 Å². The molecule has 0 aliphatic carbocycles. The minimum absolute atomic E-state index is 0.183. The summed E-state index contributed by atoms with van der Waals surface area (Å²) in [6.07, 6.45) is 0. The van der Waals surface area contributed by atoms with Crippen LogP contribution >= 0.6 is 15.9 Å². The zero-order valence-corrected chi connectivity index (χ0v) is 13.3. The summed E-state index contributed by atoms with van der Waals surface area (Å²) in [5, 5.41) is 0. The summed E-state index contributed by atoms with van der Waals surface area (Å²) in [7, 11) is -2.44. The lowest BCUT2D eigenvalue weighted by Crippen LogP contribution is -2.13. The zero-order chi connectivity index (χ0) is 15.6. The molecule has 0 aromatic heterocycles. The highest BCUT2D eigenvalue weighted by Gasteiger charge is 2.16. The Hall–Kier alpha value is -1.80. The van der Waals surface area contributed by atoms with Gasteiger partial charge in [-0.05, 0) is 52.3 Å². The predicted octanol–water partition coefficient (Wildman–Crippen LogP) is 2.98. The zero-order valence-electron chi connectivity index (χ0n) is 10.9. The van der Waals surface area contributed by atoms with Crippen LogP contribution in [0, 0.1) is 5.82 Å². The Morgan fingerprint density at radius 3 is 2.52 bits per heavy atom. The Bertz CT molecular complexity index is 781. The average Bonchev–Trinajstić information content (AvgIpc) is 2.41. The quantitative estimate of drug-likeness (QED) is 0.806. The second-order valence-corrected chi connectivity index (χ2v) is 6.67. The molecule has 0 saturated heterocycles. The van der Waals surface area contributed by atoms with E-state index in [1.54, 1.807) is 0 Å². The maximum Gasteiger partial charge on any atom is 0.261 e. The van der Waals surface area contributed by atoms with E-state index in [0.717, 1.165) is 6.07 Å². The summed E-state index contributed by atoms with van der Waals surface area (Å²) in [4.78, 5) is -0.183. The summed E-state index contributed by atoms with van der Waals surface area (Å²) in [6, 6.07) is 8.01. The minimum atomic E-state index is -3.90. The predicted molar refractivity (Wildman–Crippen MR) is 82.3 cm³/mol. The molecule has 2 aromatic carbocycles. The molecule has 0 bridgehead atoms. The number of nitrogens with two attached hydrogens (primary N) is 1. The van der Waals surface area contributed by atoms with Crippen molar-refractivity contribution in [3.63, 3.8) is 0 Å². The van der Waals surface area contributed by atoms with Crippen molar-refractivity contribution in [1.82, 2.24) is 0 Å². The molecule has 2 aromatic rings. The molecule has 0 fully saturated rings. The van der Waals surface area contributed by atoms with Gasteiger partial charge in [-0.1, -0.05) is 0 Å². The van der Waals surface area contributed by atoms with E-state index in [0.29, 0.717) is 11.4 Å². The SMILES string of the molecule is COc1ccc(NS(=O)(=O)c2ccc(Br)c(F)c2)cc1N. The molecule has 8 heteroatoms. The fraction of sp³-hybridized carbons (Fsp3) is 0.0769.